The molecule has 1 N–H and O–H groups in total. The summed E-state index contributed by atoms with van der Waals surface area (Å²) in [6.07, 6.45) is -0.0509. The van der Waals surface area contributed by atoms with Crippen molar-refractivity contribution in [3.05, 3.63) is 77.2 Å². The van der Waals surface area contributed by atoms with E-state index in [0.717, 1.165) is 48.8 Å². The van der Waals surface area contributed by atoms with Crippen LogP contribution < -0.4 is 4.90 Å². The number of anilines is 1. The number of piperazine rings is 1. The third kappa shape index (κ3) is 5.97. The van der Waals surface area contributed by atoms with Crippen molar-refractivity contribution < 1.29 is 14.2 Å². The standard InChI is InChI=1S/C27H33FN4O2/c1-3-34-19-23(33)18-31-13-15-32(16-14-31)27-24(17-22-11-7-8-12-25(22)28)20(2)29-26(30-27)21-9-5-4-6-10-21/h4-12,23,33H,3,13-19H2,1-2H3. The van der Waals surface area contributed by atoms with Gasteiger partial charge in [0.05, 0.1) is 12.7 Å². The van der Waals surface area contributed by atoms with Crippen LogP contribution in [0.5, 0.6) is 0 Å². The smallest absolute Gasteiger partial charge is 0.161 e. The molecule has 0 bridgehead atoms. The van der Waals surface area contributed by atoms with Crippen LogP contribution in [0.4, 0.5) is 10.2 Å². The highest BCUT2D eigenvalue weighted by atomic mass is 19.1. The van der Waals surface area contributed by atoms with E-state index in [4.69, 9.17) is 14.7 Å². The number of rotatable bonds is 9. The van der Waals surface area contributed by atoms with Crippen LogP contribution in [0.2, 0.25) is 0 Å². The average molecular weight is 465 g/mol. The Kier molecular flexibility index (Phi) is 8.21. The second-order valence-electron chi connectivity index (χ2n) is 8.67. The monoisotopic (exact) mass is 464 g/mol. The number of nitrogens with zero attached hydrogens (tertiary/aromatic N) is 4. The molecule has 0 radical (unpaired) electrons. The summed E-state index contributed by atoms with van der Waals surface area (Å²) in [6, 6.07) is 16.8. The normalized spacial score (nSPS) is 15.5. The number of aryl methyl sites for hydroxylation is 1. The topological polar surface area (TPSA) is 61.7 Å². The highest BCUT2D eigenvalue weighted by Gasteiger charge is 2.24. The maximum absolute atomic E-state index is 14.5. The van der Waals surface area contributed by atoms with Gasteiger partial charge in [-0.1, -0.05) is 48.5 Å². The fourth-order valence-electron chi connectivity index (χ4n) is 4.34. The molecule has 1 aliphatic heterocycles. The molecule has 0 amide bonds. The van der Waals surface area contributed by atoms with Crippen LogP contribution >= 0.6 is 0 Å². The lowest BCUT2D eigenvalue weighted by molar-refractivity contribution is 0.0202. The van der Waals surface area contributed by atoms with Gasteiger partial charge in [0.25, 0.3) is 0 Å². The fourth-order valence-corrected chi connectivity index (χ4v) is 4.34. The lowest BCUT2D eigenvalue weighted by atomic mass is 10.0. The second kappa shape index (κ2) is 11.5. The number of halogens is 1. The largest absolute Gasteiger partial charge is 0.389 e. The van der Waals surface area contributed by atoms with E-state index >= 15 is 0 Å². The minimum absolute atomic E-state index is 0.215. The molecular formula is C27H33FN4O2. The summed E-state index contributed by atoms with van der Waals surface area (Å²) in [5, 5.41) is 10.2. The molecule has 2 aromatic carbocycles. The summed E-state index contributed by atoms with van der Waals surface area (Å²) in [5.74, 6) is 1.33. The van der Waals surface area contributed by atoms with E-state index in [1.54, 1.807) is 6.07 Å². The van der Waals surface area contributed by atoms with Crippen molar-refractivity contribution >= 4 is 5.82 Å². The van der Waals surface area contributed by atoms with Crippen molar-refractivity contribution in [1.82, 2.24) is 14.9 Å². The van der Waals surface area contributed by atoms with Gasteiger partial charge in [0.2, 0.25) is 0 Å². The van der Waals surface area contributed by atoms with Crippen molar-refractivity contribution in [2.45, 2.75) is 26.4 Å². The van der Waals surface area contributed by atoms with Crippen LogP contribution in [0.15, 0.2) is 54.6 Å². The number of aromatic nitrogens is 2. The van der Waals surface area contributed by atoms with Crippen LogP contribution in [0.25, 0.3) is 11.4 Å². The van der Waals surface area contributed by atoms with E-state index in [0.29, 0.717) is 37.6 Å². The number of hydrogen-bond donors (Lipinski definition) is 1. The maximum Gasteiger partial charge on any atom is 0.161 e. The molecule has 4 rings (SSSR count). The molecule has 1 saturated heterocycles. The highest BCUT2D eigenvalue weighted by Crippen LogP contribution is 2.29. The zero-order valence-corrected chi connectivity index (χ0v) is 20.0. The van der Waals surface area contributed by atoms with Gasteiger partial charge < -0.3 is 14.7 Å². The van der Waals surface area contributed by atoms with Crippen molar-refractivity contribution in [1.29, 1.82) is 0 Å². The summed E-state index contributed by atoms with van der Waals surface area (Å²) in [5.41, 5.74) is 3.42. The molecular weight excluding hydrogens is 431 g/mol. The van der Waals surface area contributed by atoms with E-state index in [1.807, 2.05) is 56.3 Å². The number of β-amino-alcohol motifs (C(OH)–C–C–N with tert-alkyl or cyclic N) is 1. The lowest BCUT2D eigenvalue weighted by Gasteiger charge is -2.37. The van der Waals surface area contributed by atoms with Crippen LogP contribution in [0, 0.1) is 12.7 Å². The Morgan fingerprint density at radius 2 is 1.71 bits per heavy atom. The van der Waals surface area contributed by atoms with Crippen molar-refractivity contribution in [2.75, 3.05) is 50.8 Å². The molecule has 6 nitrogen and oxygen atoms in total. The fraction of sp³-hybridized carbons (Fsp3) is 0.407. The molecule has 0 saturated carbocycles. The van der Waals surface area contributed by atoms with E-state index in [2.05, 4.69) is 9.80 Å². The quantitative estimate of drug-likeness (QED) is 0.521. The SMILES string of the molecule is CCOCC(O)CN1CCN(c2nc(-c3ccccc3)nc(C)c2Cc2ccccc2F)CC1. The predicted molar refractivity (Wildman–Crippen MR) is 133 cm³/mol. The van der Waals surface area contributed by atoms with Crippen LogP contribution in [0.3, 0.4) is 0 Å². The molecule has 1 unspecified atom stereocenters. The van der Waals surface area contributed by atoms with Crippen LogP contribution in [-0.2, 0) is 11.2 Å². The van der Waals surface area contributed by atoms with Gasteiger partial charge in [-0.05, 0) is 25.5 Å². The van der Waals surface area contributed by atoms with E-state index in [9.17, 15) is 9.50 Å². The molecule has 0 aliphatic carbocycles. The first kappa shape index (κ1) is 24.3. The zero-order chi connectivity index (χ0) is 23.9. The first-order valence-corrected chi connectivity index (χ1v) is 11.9. The summed E-state index contributed by atoms with van der Waals surface area (Å²) < 4.78 is 19.8. The van der Waals surface area contributed by atoms with E-state index < -0.39 is 6.10 Å². The van der Waals surface area contributed by atoms with E-state index in [1.165, 1.54) is 6.07 Å². The van der Waals surface area contributed by atoms with Gasteiger partial charge in [0.1, 0.15) is 11.6 Å². The van der Waals surface area contributed by atoms with Crippen molar-refractivity contribution in [3.63, 3.8) is 0 Å². The van der Waals surface area contributed by atoms with Gasteiger partial charge >= 0.3 is 0 Å². The Morgan fingerprint density at radius 1 is 1.00 bits per heavy atom. The van der Waals surface area contributed by atoms with Gasteiger partial charge in [-0.3, -0.25) is 4.90 Å². The summed E-state index contributed by atoms with van der Waals surface area (Å²) in [4.78, 5) is 14.3. The Balaban J connectivity index is 1.59. The number of aliphatic hydroxyl groups excluding tert-OH is 1. The summed E-state index contributed by atoms with van der Waals surface area (Å²) in [7, 11) is 0. The van der Waals surface area contributed by atoms with Crippen molar-refractivity contribution in [2.24, 2.45) is 0 Å². The molecule has 1 fully saturated rings. The number of ether oxygens (including phenoxy) is 1. The second-order valence-corrected chi connectivity index (χ2v) is 8.67. The van der Waals surface area contributed by atoms with Gasteiger partial charge in [0, 0.05) is 62.6 Å². The third-order valence-corrected chi connectivity index (χ3v) is 6.20. The first-order chi connectivity index (χ1) is 16.5. The van der Waals surface area contributed by atoms with Gasteiger partial charge in [0.15, 0.2) is 5.82 Å². The Morgan fingerprint density at radius 3 is 2.41 bits per heavy atom. The molecule has 34 heavy (non-hydrogen) atoms. The Hall–Kier alpha value is -2.87. The molecule has 1 aromatic heterocycles. The number of aliphatic hydroxyl groups is 1. The molecule has 1 atom stereocenters. The molecule has 180 valence electrons. The summed E-state index contributed by atoms with van der Waals surface area (Å²) >= 11 is 0. The number of benzene rings is 2. The highest BCUT2D eigenvalue weighted by molar-refractivity contribution is 5.61. The predicted octanol–water partition coefficient (Wildman–Crippen LogP) is 3.70. The van der Waals surface area contributed by atoms with Crippen LogP contribution in [-0.4, -0.2) is 72.0 Å². The lowest BCUT2D eigenvalue weighted by Crippen LogP contribution is -2.49. The molecule has 1 aliphatic rings. The van der Waals surface area contributed by atoms with Crippen molar-refractivity contribution in [3.8, 4) is 11.4 Å². The minimum Gasteiger partial charge on any atom is -0.389 e. The van der Waals surface area contributed by atoms with Gasteiger partial charge in [-0.2, -0.15) is 0 Å². The average Bonchev–Trinajstić information content (AvgIpc) is 2.86. The van der Waals surface area contributed by atoms with Gasteiger partial charge in [-0.25, -0.2) is 14.4 Å². The summed E-state index contributed by atoms with van der Waals surface area (Å²) in [6.45, 7) is 8.63. The van der Waals surface area contributed by atoms with Crippen LogP contribution in [0.1, 0.15) is 23.7 Å². The Labute approximate surface area is 201 Å². The molecule has 7 heteroatoms. The van der Waals surface area contributed by atoms with Gasteiger partial charge in [-0.15, -0.1) is 0 Å². The zero-order valence-electron chi connectivity index (χ0n) is 20.0. The molecule has 0 spiro atoms. The maximum atomic E-state index is 14.5. The minimum atomic E-state index is -0.492. The first-order valence-electron chi connectivity index (χ1n) is 11.9. The molecule has 3 aromatic rings. The third-order valence-electron chi connectivity index (χ3n) is 6.20. The number of hydrogen-bond acceptors (Lipinski definition) is 6. The van der Waals surface area contributed by atoms with E-state index in [-0.39, 0.29) is 5.82 Å². The Bertz CT molecular complexity index is 1070. The molecule has 2 heterocycles.